The molecule has 0 aromatic heterocycles. The summed E-state index contributed by atoms with van der Waals surface area (Å²) in [4.78, 5) is 25.0. The molecule has 4 aliphatic rings. The van der Waals surface area contributed by atoms with E-state index in [1.165, 1.54) is 24.0 Å². The number of allylic oxidation sites excluding steroid dienone is 2. The molecule has 4 rings (SSSR count). The van der Waals surface area contributed by atoms with Crippen LogP contribution in [0.15, 0.2) is 23.3 Å². The average molecular weight is 389 g/mol. The Kier molecular flexibility index (Phi) is 4.78. The summed E-state index contributed by atoms with van der Waals surface area (Å²) in [6.07, 6.45) is 9.71. The first-order valence-corrected chi connectivity index (χ1v) is 10.6. The highest BCUT2D eigenvalue weighted by Gasteiger charge is 2.58. The zero-order valence-electron chi connectivity index (χ0n) is 18.3. The summed E-state index contributed by atoms with van der Waals surface area (Å²) >= 11 is 0. The molecule has 0 heterocycles. The monoisotopic (exact) mass is 388 g/mol. The zero-order valence-corrected chi connectivity index (χ0v) is 18.3. The Bertz CT molecular complexity index is 707. The van der Waals surface area contributed by atoms with Crippen LogP contribution in [-0.4, -0.2) is 17.4 Å². The van der Waals surface area contributed by atoms with Gasteiger partial charge in [0.25, 0.3) is 0 Å². The summed E-state index contributed by atoms with van der Waals surface area (Å²) < 4.78 is 5.26. The third-order valence-corrected chi connectivity index (χ3v) is 9.73. The lowest BCUT2D eigenvalue weighted by atomic mass is 9.67. The molecule has 0 saturated heterocycles. The number of fused-ring (bicyclic) bond motifs is 4. The molecule has 2 N–H and O–H groups in total. The number of hydrogen-bond donors (Lipinski definition) is 0. The molecule has 4 nitrogen and oxygen atoms in total. The summed E-state index contributed by atoms with van der Waals surface area (Å²) in [6, 6.07) is 0. The first kappa shape index (κ1) is 21.3. The van der Waals surface area contributed by atoms with Gasteiger partial charge in [-0.25, -0.2) is 0 Å². The minimum atomic E-state index is -0.385. The van der Waals surface area contributed by atoms with Crippen LogP contribution in [0.4, 0.5) is 0 Å². The highest BCUT2D eigenvalue weighted by Crippen LogP contribution is 2.66. The number of carbonyl (C=O) groups excluding carboxylic acids is 2. The molecule has 0 aliphatic heterocycles. The van der Waals surface area contributed by atoms with Crippen LogP contribution >= 0.6 is 0 Å². The van der Waals surface area contributed by atoms with Crippen LogP contribution in [0.1, 0.15) is 80.1 Å². The van der Waals surface area contributed by atoms with Crippen molar-refractivity contribution in [1.82, 2.24) is 0 Å². The van der Waals surface area contributed by atoms with E-state index in [1.807, 2.05) is 0 Å². The fourth-order valence-corrected chi connectivity index (χ4v) is 6.68. The fraction of sp³-hybridized carbons (Fsp3) is 0.750. The number of esters is 2. The Morgan fingerprint density at radius 2 is 1.18 bits per heavy atom. The highest BCUT2D eigenvalue weighted by atomic mass is 16.6. The smallest absolute Gasteiger partial charge is 0.317 e. The standard InChI is InChI=1S/C24H34O3.H2O/c1-21(2)15-7-9-23(21,5)17(11-15)13-19(25)27-20(26)14-18-12-16-8-10-24(18,6)22(16,3)4;/h11-12,15-16H,7-10,13-14H2,1-6H3;1H2. The van der Waals surface area contributed by atoms with Gasteiger partial charge in [0, 0.05) is 0 Å². The van der Waals surface area contributed by atoms with E-state index in [2.05, 4.69) is 53.7 Å². The summed E-state index contributed by atoms with van der Waals surface area (Å²) in [7, 11) is 0. The lowest BCUT2D eigenvalue weighted by molar-refractivity contribution is -0.159. The number of ether oxygens (including phenoxy) is 1. The Morgan fingerprint density at radius 1 is 0.821 bits per heavy atom. The Balaban J connectivity index is 0.00000225. The summed E-state index contributed by atoms with van der Waals surface area (Å²) in [6.45, 7) is 13.7. The second-order valence-electron chi connectivity index (χ2n) is 11.0. The van der Waals surface area contributed by atoms with Crippen molar-refractivity contribution in [3.8, 4) is 0 Å². The molecule has 0 amide bonds. The molecule has 2 saturated carbocycles. The molecule has 4 atom stereocenters. The predicted octanol–water partition coefficient (Wildman–Crippen LogP) is 4.78. The molecule has 28 heavy (non-hydrogen) atoms. The van der Waals surface area contributed by atoms with Gasteiger partial charge in [0.2, 0.25) is 0 Å². The molecular formula is C24H36O4. The van der Waals surface area contributed by atoms with E-state index in [4.69, 9.17) is 4.74 Å². The van der Waals surface area contributed by atoms with Gasteiger partial charge >= 0.3 is 11.9 Å². The van der Waals surface area contributed by atoms with Gasteiger partial charge < -0.3 is 10.2 Å². The molecule has 4 aliphatic carbocycles. The molecule has 0 radical (unpaired) electrons. The van der Waals surface area contributed by atoms with Crippen molar-refractivity contribution in [2.75, 3.05) is 0 Å². The van der Waals surface area contributed by atoms with Crippen LogP contribution < -0.4 is 0 Å². The van der Waals surface area contributed by atoms with Crippen LogP contribution in [0, 0.1) is 33.5 Å². The second kappa shape index (κ2) is 6.29. The second-order valence-corrected chi connectivity index (χ2v) is 11.0. The van der Waals surface area contributed by atoms with Crippen molar-refractivity contribution in [3.05, 3.63) is 23.3 Å². The van der Waals surface area contributed by atoms with E-state index in [1.54, 1.807) is 0 Å². The first-order chi connectivity index (χ1) is 12.4. The van der Waals surface area contributed by atoms with Crippen molar-refractivity contribution in [2.45, 2.75) is 80.1 Å². The van der Waals surface area contributed by atoms with Crippen LogP contribution in [-0.2, 0) is 14.3 Å². The van der Waals surface area contributed by atoms with Crippen LogP contribution in [0.25, 0.3) is 0 Å². The van der Waals surface area contributed by atoms with E-state index < -0.39 is 0 Å². The van der Waals surface area contributed by atoms with Crippen LogP contribution in [0.2, 0.25) is 0 Å². The summed E-state index contributed by atoms with van der Waals surface area (Å²) in [5.74, 6) is 0.317. The van der Waals surface area contributed by atoms with Crippen molar-refractivity contribution in [1.29, 1.82) is 0 Å². The van der Waals surface area contributed by atoms with Gasteiger partial charge in [-0.05, 0) is 59.2 Å². The normalized spacial score (nSPS) is 38.6. The molecule has 4 heteroatoms. The van der Waals surface area contributed by atoms with Crippen molar-refractivity contribution in [3.63, 3.8) is 0 Å². The van der Waals surface area contributed by atoms with Gasteiger partial charge in [0.15, 0.2) is 0 Å². The third-order valence-electron chi connectivity index (χ3n) is 9.73. The maximum absolute atomic E-state index is 12.5. The molecular weight excluding hydrogens is 352 g/mol. The van der Waals surface area contributed by atoms with Crippen molar-refractivity contribution in [2.24, 2.45) is 33.5 Å². The molecule has 156 valence electrons. The van der Waals surface area contributed by atoms with Crippen molar-refractivity contribution >= 4 is 11.9 Å². The minimum Gasteiger partial charge on any atom is -0.412 e. The van der Waals surface area contributed by atoms with Crippen molar-refractivity contribution < 1.29 is 19.8 Å². The molecule has 0 aromatic carbocycles. The third kappa shape index (κ3) is 2.59. The SMILES string of the molecule is CC12CCC(C=C1CC(=O)OC(=O)CC1=CC3CCC1(C)C3(C)C)C2(C)C.O. The maximum Gasteiger partial charge on any atom is 0.317 e. The number of carbonyl (C=O) groups is 2. The quantitative estimate of drug-likeness (QED) is 0.395. The summed E-state index contributed by atoms with van der Waals surface area (Å²) in [5.41, 5.74) is 2.86. The van der Waals surface area contributed by atoms with Crippen LogP contribution in [0.5, 0.6) is 0 Å². The Morgan fingerprint density at radius 3 is 1.43 bits per heavy atom. The molecule has 4 bridgehead atoms. The van der Waals surface area contributed by atoms with Gasteiger partial charge in [-0.3, -0.25) is 9.59 Å². The average Bonchev–Trinajstić information content (AvgIpc) is 3.06. The first-order valence-electron chi connectivity index (χ1n) is 10.6. The zero-order chi connectivity index (χ0) is 19.8. The molecule has 2 fully saturated rings. The van der Waals surface area contributed by atoms with Gasteiger partial charge in [-0.2, -0.15) is 0 Å². The molecule has 0 spiro atoms. The van der Waals surface area contributed by atoms with Gasteiger partial charge in [-0.15, -0.1) is 0 Å². The van der Waals surface area contributed by atoms with E-state index in [0.717, 1.165) is 12.8 Å². The Hall–Kier alpha value is -1.42. The molecule has 0 aromatic rings. The topological polar surface area (TPSA) is 74.9 Å². The van der Waals surface area contributed by atoms with E-state index >= 15 is 0 Å². The number of hydrogen-bond acceptors (Lipinski definition) is 3. The van der Waals surface area contributed by atoms with Gasteiger partial charge in [-0.1, -0.05) is 64.8 Å². The lowest BCUT2D eigenvalue weighted by Crippen LogP contribution is -2.32. The lowest BCUT2D eigenvalue weighted by Gasteiger charge is -2.37. The maximum atomic E-state index is 12.5. The van der Waals surface area contributed by atoms with E-state index in [0.29, 0.717) is 11.8 Å². The number of rotatable bonds is 4. The fourth-order valence-electron chi connectivity index (χ4n) is 6.68. The largest absolute Gasteiger partial charge is 0.412 e. The highest BCUT2D eigenvalue weighted by molar-refractivity contribution is 5.88. The van der Waals surface area contributed by atoms with E-state index in [-0.39, 0.29) is 51.9 Å². The van der Waals surface area contributed by atoms with Gasteiger partial charge in [0.1, 0.15) is 0 Å². The molecule has 4 unspecified atom stereocenters. The predicted molar refractivity (Wildman–Crippen MR) is 109 cm³/mol. The Labute approximate surface area is 169 Å². The minimum absolute atomic E-state index is 0. The van der Waals surface area contributed by atoms with Crippen LogP contribution in [0.3, 0.4) is 0 Å². The van der Waals surface area contributed by atoms with Gasteiger partial charge in [0.05, 0.1) is 12.8 Å². The summed E-state index contributed by atoms with van der Waals surface area (Å²) in [5, 5.41) is 0. The van der Waals surface area contributed by atoms with E-state index in [9.17, 15) is 9.59 Å².